The molecular formula is C14H22Cl2N4. The highest BCUT2D eigenvalue weighted by Crippen LogP contribution is 2.31. The third-order valence-electron chi connectivity index (χ3n) is 3.70. The van der Waals surface area contributed by atoms with Crippen LogP contribution in [0.5, 0.6) is 0 Å². The normalized spacial score (nSPS) is 23.6. The number of nitrogens with zero attached hydrogens (tertiary/aromatic N) is 2. The first-order valence-electron chi connectivity index (χ1n) is 7.17. The Bertz CT molecular complexity index is 457. The lowest BCUT2D eigenvalue weighted by atomic mass is 10.00. The topological polar surface area (TPSA) is 40.2 Å². The molecule has 20 heavy (non-hydrogen) atoms. The van der Waals surface area contributed by atoms with Gasteiger partial charge in [0, 0.05) is 18.6 Å². The number of hydrazine groups is 1. The lowest BCUT2D eigenvalue weighted by Crippen LogP contribution is -2.47. The van der Waals surface area contributed by atoms with Crippen LogP contribution in [-0.2, 0) is 0 Å². The average Bonchev–Trinajstić information content (AvgIpc) is 2.39. The zero-order chi connectivity index (χ0) is 14.7. The first-order chi connectivity index (χ1) is 9.52. The van der Waals surface area contributed by atoms with Crippen molar-refractivity contribution >= 4 is 34.8 Å². The summed E-state index contributed by atoms with van der Waals surface area (Å²) in [5.41, 5.74) is 3.37. The maximum atomic E-state index is 6.25. The van der Waals surface area contributed by atoms with E-state index in [0.717, 1.165) is 6.54 Å². The summed E-state index contributed by atoms with van der Waals surface area (Å²) < 4.78 is 0. The van der Waals surface area contributed by atoms with Gasteiger partial charge in [0.2, 0.25) is 0 Å². The first kappa shape index (κ1) is 15.7. The van der Waals surface area contributed by atoms with Gasteiger partial charge in [0.05, 0.1) is 10.0 Å². The van der Waals surface area contributed by atoms with Gasteiger partial charge in [0.25, 0.3) is 0 Å². The molecule has 0 bridgehead atoms. The zero-order valence-corrected chi connectivity index (χ0v) is 13.7. The second-order valence-electron chi connectivity index (χ2n) is 5.33. The summed E-state index contributed by atoms with van der Waals surface area (Å²) in [4.78, 5) is 4.50. The number of hydrogen-bond donors (Lipinski definition) is 2. The molecule has 112 valence electrons. The molecule has 1 saturated heterocycles. The average molecular weight is 317 g/mol. The van der Waals surface area contributed by atoms with Crippen LogP contribution in [0.3, 0.4) is 0 Å². The Morgan fingerprint density at radius 1 is 1.20 bits per heavy atom. The minimum absolute atomic E-state index is 0.467. The van der Waals surface area contributed by atoms with Crippen molar-refractivity contribution in [3.63, 3.8) is 0 Å². The number of hydrogen-bond acceptors (Lipinski definition) is 4. The predicted molar refractivity (Wildman–Crippen MR) is 86.7 cm³/mol. The molecule has 2 N–H and O–H groups in total. The highest BCUT2D eigenvalue weighted by Gasteiger charge is 2.25. The number of nitrogens with one attached hydrogen (secondary N) is 2. The Morgan fingerprint density at radius 3 is 2.40 bits per heavy atom. The van der Waals surface area contributed by atoms with E-state index in [1.165, 1.54) is 19.3 Å². The fourth-order valence-electron chi connectivity index (χ4n) is 2.60. The van der Waals surface area contributed by atoms with Crippen molar-refractivity contribution in [2.24, 2.45) is 0 Å². The smallest absolute Gasteiger partial charge is 0.161 e. The first-order valence-corrected chi connectivity index (χ1v) is 7.93. The van der Waals surface area contributed by atoms with Gasteiger partial charge in [-0.2, -0.15) is 0 Å². The van der Waals surface area contributed by atoms with E-state index in [2.05, 4.69) is 34.6 Å². The minimum Gasteiger partial charge on any atom is -0.369 e. The molecule has 1 fully saturated rings. The summed E-state index contributed by atoms with van der Waals surface area (Å²) in [6.07, 6.45) is 3.64. The van der Waals surface area contributed by atoms with E-state index < -0.39 is 0 Å². The quantitative estimate of drug-likeness (QED) is 0.863. The van der Waals surface area contributed by atoms with E-state index >= 15 is 0 Å². The Hall–Kier alpha value is -0.710. The molecule has 1 aliphatic heterocycles. The largest absolute Gasteiger partial charge is 0.369 e. The second kappa shape index (κ2) is 6.83. The fourth-order valence-corrected chi connectivity index (χ4v) is 3.07. The monoisotopic (exact) mass is 316 g/mol. The third kappa shape index (κ3) is 3.48. The van der Waals surface area contributed by atoms with Gasteiger partial charge in [-0.25, -0.2) is 9.99 Å². The number of pyridine rings is 1. The highest BCUT2D eigenvalue weighted by molar-refractivity contribution is 6.37. The standard InChI is InChI=1S/C14H22Cl2N4/c1-4-17-13-11(15)8-12(16)14(18-13)19-20-9(2)6-5-7-10(20)3/h8-10H,4-7H2,1-3H3,(H2,17,18,19). The van der Waals surface area contributed by atoms with Crippen molar-refractivity contribution in [3.05, 3.63) is 16.1 Å². The lowest BCUT2D eigenvalue weighted by molar-refractivity contribution is 0.135. The minimum atomic E-state index is 0.467. The third-order valence-corrected chi connectivity index (χ3v) is 4.28. The molecule has 4 nitrogen and oxygen atoms in total. The predicted octanol–water partition coefficient (Wildman–Crippen LogP) is 4.41. The Labute approximate surface area is 130 Å². The molecule has 0 radical (unpaired) electrons. The van der Waals surface area contributed by atoms with Gasteiger partial charge in [-0.05, 0) is 39.7 Å². The number of rotatable bonds is 4. The maximum Gasteiger partial charge on any atom is 0.161 e. The van der Waals surface area contributed by atoms with E-state index in [0.29, 0.717) is 33.8 Å². The molecule has 2 atom stereocenters. The van der Waals surface area contributed by atoms with Crippen LogP contribution >= 0.6 is 23.2 Å². The molecule has 0 aromatic carbocycles. The van der Waals surface area contributed by atoms with E-state index in [-0.39, 0.29) is 0 Å². The van der Waals surface area contributed by atoms with E-state index in [1.807, 2.05) is 6.92 Å². The molecule has 2 heterocycles. The molecule has 1 aromatic rings. The van der Waals surface area contributed by atoms with Gasteiger partial charge in [-0.1, -0.05) is 29.6 Å². The van der Waals surface area contributed by atoms with E-state index in [9.17, 15) is 0 Å². The molecule has 0 aliphatic carbocycles. The van der Waals surface area contributed by atoms with Crippen molar-refractivity contribution in [2.45, 2.75) is 52.1 Å². The van der Waals surface area contributed by atoms with Crippen molar-refractivity contribution < 1.29 is 0 Å². The van der Waals surface area contributed by atoms with Crippen molar-refractivity contribution in [3.8, 4) is 0 Å². The number of anilines is 2. The summed E-state index contributed by atoms with van der Waals surface area (Å²) >= 11 is 12.4. The zero-order valence-electron chi connectivity index (χ0n) is 12.2. The highest BCUT2D eigenvalue weighted by atomic mass is 35.5. The van der Waals surface area contributed by atoms with Crippen molar-refractivity contribution in [1.82, 2.24) is 9.99 Å². The summed E-state index contributed by atoms with van der Waals surface area (Å²) in [6.45, 7) is 7.22. The van der Waals surface area contributed by atoms with Crippen LogP contribution in [0.4, 0.5) is 11.6 Å². The molecule has 2 unspecified atom stereocenters. The van der Waals surface area contributed by atoms with Gasteiger partial charge in [0.15, 0.2) is 5.82 Å². The van der Waals surface area contributed by atoms with Crippen LogP contribution < -0.4 is 10.7 Å². The summed E-state index contributed by atoms with van der Waals surface area (Å²) in [6, 6.07) is 2.67. The lowest BCUT2D eigenvalue weighted by Gasteiger charge is -2.39. The van der Waals surface area contributed by atoms with Gasteiger partial charge in [-0.15, -0.1) is 0 Å². The maximum absolute atomic E-state index is 6.25. The molecule has 1 aliphatic rings. The van der Waals surface area contributed by atoms with Crippen molar-refractivity contribution in [1.29, 1.82) is 0 Å². The van der Waals surface area contributed by atoms with Crippen LogP contribution in [-0.4, -0.2) is 28.6 Å². The van der Waals surface area contributed by atoms with Crippen LogP contribution in [0.25, 0.3) is 0 Å². The summed E-state index contributed by atoms with van der Waals surface area (Å²) in [5.74, 6) is 1.32. The molecule has 1 aromatic heterocycles. The number of halogens is 2. The molecule has 2 rings (SSSR count). The van der Waals surface area contributed by atoms with Crippen LogP contribution in [0.2, 0.25) is 10.0 Å². The number of piperidine rings is 1. The molecule has 6 heteroatoms. The van der Waals surface area contributed by atoms with E-state index in [1.54, 1.807) is 6.07 Å². The van der Waals surface area contributed by atoms with Crippen LogP contribution in [0.15, 0.2) is 6.07 Å². The van der Waals surface area contributed by atoms with Crippen molar-refractivity contribution in [2.75, 3.05) is 17.3 Å². The van der Waals surface area contributed by atoms with Gasteiger partial charge < -0.3 is 10.7 Å². The van der Waals surface area contributed by atoms with Gasteiger partial charge in [0.1, 0.15) is 5.82 Å². The summed E-state index contributed by atoms with van der Waals surface area (Å²) in [7, 11) is 0. The molecular weight excluding hydrogens is 295 g/mol. The SMILES string of the molecule is CCNc1nc(NN2C(C)CCCC2C)c(Cl)cc1Cl. The van der Waals surface area contributed by atoms with Crippen LogP contribution in [0.1, 0.15) is 40.0 Å². The number of aromatic nitrogens is 1. The van der Waals surface area contributed by atoms with Crippen LogP contribution in [0, 0.1) is 0 Å². The van der Waals surface area contributed by atoms with Gasteiger partial charge in [-0.3, -0.25) is 0 Å². The second-order valence-corrected chi connectivity index (χ2v) is 6.14. The Kier molecular flexibility index (Phi) is 5.35. The molecule has 0 spiro atoms. The Morgan fingerprint density at radius 2 is 1.80 bits per heavy atom. The fraction of sp³-hybridized carbons (Fsp3) is 0.643. The Balaban J connectivity index is 2.21. The van der Waals surface area contributed by atoms with Gasteiger partial charge >= 0.3 is 0 Å². The van der Waals surface area contributed by atoms with E-state index in [4.69, 9.17) is 23.2 Å². The molecule has 0 saturated carbocycles. The summed E-state index contributed by atoms with van der Waals surface area (Å²) in [5, 5.41) is 6.47. The molecule has 0 amide bonds.